The largest absolute Gasteiger partial charge is 0.238 e. The molecule has 3 rings (SSSR count). The standard InChI is InChI=1S/C14H11NO2S2/c15-19(16,17)13-3-1-2-10(9-13)11-4-5-14-12(8-11)6-7-18-14/h1-9H,(H2,15,16,17). The fourth-order valence-corrected chi connectivity index (χ4v) is 3.33. The molecule has 2 aromatic carbocycles. The van der Waals surface area contributed by atoms with Crippen LogP contribution < -0.4 is 5.14 Å². The Bertz CT molecular complexity index is 851. The molecule has 3 nitrogen and oxygen atoms in total. The van der Waals surface area contributed by atoms with Gasteiger partial charge in [-0.25, -0.2) is 13.6 Å². The molecule has 0 atom stereocenters. The van der Waals surface area contributed by atoms with E-state index < -0.39 is 10.0 Å². The maximum Gasteiger partial charge on any atom is 0.238 e. The van der Waals surface area contributed by atoms with Gasteiger partial charge >= 0.3 is 0 Å². The summed E-state index contributed by atoms with van der Waals surface area (Å²) in [6, 6.07) is 14.8. The Morgan fingerprint density at radius 1 is 0.947 bits per heavy atom. The molecule has 0 aliphatic heterocycles. The second-order valence-electron chi connectivity index (χ2n) is 4.25. The first-order valence-corrected chi connectivity index (χ1v) is 8.07. The molecule has 96 valence electrons. The molecule has 0 spiro atoms. The number of rotatable bonds is 2. The molecule has 19 heavy (non-hydrogen) atoms. The second kappa shape index (κ2) is 4.45. The van der Waals surface area contributed by atoms with Gasteiger partial charge in [-0.2, -0.15) is 0 Å². The molecule has 0 unspecified atom stereocenters. The third-order valence-corrected chi connectivity index (χ3v) is 4.76. The van der Waals surface area contributed by atoms with Crippen molar-refractivity contribution in [3.8, 4) is 11.1 Å². The molecule has 0 radical (unpaired) electrons. The van der Waals surface area contributed by atoms with Crippen molar-refractivity contribution in [3.63, 3.8) is 0 Å². The van der Waals surface area contributed by atoms with Crippen LogP contribution in [0.2, 0.25) is 0 Å². The molecular formula is C14H11NO2S2. The minimum atomic E-state index is -3.66. The number of hydrogen-bond donors (Lipinski definition) is 1. The van der Waals surface area contributed by atoms with E-state index in [9.17, 15) is 8.42 Å². The smallest absolute Gasteiger partial charge is 0.225 e. The second-order valence-corrected chi connectivity index (χ2v) is 6.76. The van der Waals surface area contributed by atoms with Crippen LogP contribution >= 0.6 is 11.3 Å². The van der Waals surface area contributed by atoms with Gasteiger partial charge in [-0.15, -0.1) is 11.3 Å². The van der Waals surface area contributed by atoms with E-state index in [2.05, 4.69) is 0 Å². The van der Waals surface area contributed by atoms with Crippen LogP contribution in [0.4, 0.5) is 0 Å². The van der Waals surface area contributed by atoms with Crippen molar-refractivity contribution in [2.75, 3.05) is 0 Å². The van der Waals surface area contributed by atoms with Crippen molar-refractivity contribution >= 4 is 31.4 Å². The van der Waals surface area contributed by atoms with Crippen molar-refractivity contribution in [1.29, 1.82) is 0 Å². The lowest BCUT2D eigenvalue weighted by atomic mass is 10.0. The van der Waals surface area contributed by atoms with Crippen LogP contribution in [0.3, 0.4) is 0 Å². The van der Waals surface area contributed by atoms with Crippen molar-refractivity contribution in [3.05, 3.63) is 53.9 Å². The number of nitrogens with two attached hydrogens (primary N) is 1. The first-order chi connectivity index (χ1) is 9.04. The van der Waals surface area contributed by atoms with Gasteiger partial charge in [-0.3, -0.25) is 0 Å². The lowest BCUT2D eigenvalue weighted by molar-refractivity contribution is 0.598. The predicted molar refractivity (Wildman–Crippen MR) is 78.6 cm³/mol. The topological polar surface area (TPSA) is 60.2 Å². The van der Waals surface area contributed by atoms with E-state index >= 15 is 0 Å². The van der Waals surface area contributed by atoms with Crippen LogP contribution in [-0.2, 0) is 10.0 Å². The van der Waals surface area contributed by atoms with E-state index in [-0.39, 0.29) is 4.90 Å². The van der Waals surface area contributed by atoms with Gasteiger partial charge in [-0.1, -0.05) is 18.2 Å². The summed E-state index contributed by atoms with van der Waals surface area (Å²) in [5.74, 6) is 0. The summed E-state index contributed by atoms with van der Waals surface area (Å²) in [6.45, 7) is 0. The summed E-state index contributed by atoms with van der Waals surface area (Å²) in [6.07, 6.45) is 0. The van der Waals surface area contributed by atoms with Gasteiger partial charge < -0.3 is 0 Å². The Labute approximate surface area is 115 Å². The summed E-state index contributed by atoms with van der Waals surface area (Å²) < 4.78 is 23.9. The van der Waals surface area contributed by atoms with E-state index in [0.29, 0.717) is 0 Å². The molecular weight excluding hydrogens is 278 g/mol. The van der Waals surface area contributed by atoms with Crippen LogP contribution in [0.15, 0.2) is 58.8 Å². The highest BCUT2D eigenvalue weighted by atomic mass is 32.2. The van der Waals surface area contributed by atoms with Gasteiger partial charge in [-0.05, 0) is 52.2 Å². The zero-order valence-corrected chi connectivity index (χ0v) is 11.5. The molecule has 5 heteroatoms. The Morgan fingerprint density at radius 3 is 2.53 bits per heavy atom. The Balaban J connectivity index is 2.15. The van der Waals surface area contributed by atoms with Crippen molar-refractivity contribution in [1.82, 2.24) is 0 Å². The highest BCUT2D eigenvalue weighted by Crippen LogP contribution is 2.28. The highest BCUT2D eigenvalue weighted by Gasteiger charge is 2.09. The molecule has 0 saturated carbocycles. The summed E-state index contributed by atoms with van der Waals surface area (Å²) in [7, 11) is -3.66. The van der Waals surface area contributed by atoms with Crippen LogP contribution in [0, 0.1) is 0 Å². The normalized spacial score (nSPS) is 11.8. The quantitative estimate of drug-likeness (QED) is 0.787. The molecule has 0 amide bonds. The molecule has 3 aromatic rings. The lowest BCUT2D eigenvalue weighted by Crippen LogP contribution is -2.11. The maximum absolute atomic E-state index is 11.4. The van der Waals surface area contributed by atoms with Crippen molar-refractivity contribution in [2.45, 2.75) is 4.90 Å². The van der Waals surface area contributed by atoms with Gasteiger partial charge in [0.25, 0.3) is 0 Å². The van der Waals surface area contributed by atoms with Crippen LogP contribution in [0.25, 0.3) is 21.2 Å². The maximum atomic E-state index is 11.4. The molecule has 0 bridgehead atoms. The first kappa shape index (κ1) is 12.3. The molecule has 0 saturated heterocycles. The number of hydrogen-bond acceptors (Lipinski definition) is 3. The zero-order chi connectivity index (χ0) is 13.5. The van der Waals surface area contributed by atoms with Crippen LogP contribution in [-0.4, -0.2) is 8.42 Å². The summed E-state index contributed by atoms with van der Waals surface area (Å²) >= 11 is 1.68. The van der Waals surface area contributed by atoms with E-state index in [0.717, 1.165) is 16.5 Å². The number of thiophene rings is 1. The van der Waals surface area contributed by atoms with Crippen LogP contribution in [0.5, 0.6) is 0 Å². The zero-order valence-electron chi connectivity index (χ0n) is 9.91. The summed E-state index contributed by atoms with van der Waals surface area (Å²) in [5.41, 5.74) is 1.83. The van der Waals surface area contributed by atoms with Crippen LogP contribution in [0.1, 0.15) is 0 Å². The van der Waals surface area contributed by atoms with Gasteiger partial charge in [0.1, 0.15) is 0 Å². The van der Waals surface area contributed by atoms with E-state index in [4.69, 9.17) is 5.14 Å². The SMILES string of the molecule is NS(=O)(=O)c1cccc(-c2ccc3sccc3c2)c1. The number of benzene rings is 2. The molecule has 1 aromatic heterocycles. The molecule has 2 N–H and O–H groups in total. The van der Waals surface area contributed by atoms with Crippen molar-refractivity contribution < 1.29 is 8.42 Å². The lowest BCUT2D eigenvalue weighted by Gasteiger charge is -2.04. The van der Waals surface area contributed by atoms with Crippen molar-refractivity contribution in [2.24, 2.45) is 5.14 Å². The molecule has 1 heterocycles. The molecule has 0 aliphatic rings. The van der Waals surface area contributed by atoms with Gasteiger partial charge in [0.15, 0.2) is 0 Å². The van der Waals surface area contributed by atoms with Gasteiger partial charge in [0, 0.05) is 4.70 Å². The Hall–Kier alpha value is -1.69. The monoisotopic (exact) mass is 289 g/mol. The highest BCUT2D eigenvalue weighted by molar-refractivity contribution is 7.89. The Morgan fingerprint density at radius 2 is 1.74 bits per heavy atom. The third kappa shape index (κ3) is 2.40. The van der Waals surface area contributed by atoms with E-state index in [1.165, 1.54) is 10.8 Å². The number of fused-ring (bicyclic) bond motifs is 1. The number of sulfonamides is 1. The molecule has 0 aliphatic carbocycles. The predicted octanol–water partition coefficient (Wildman–Crippen LogP) is 3.22. The minimum absolute atomic E-state index is 0.135. The number of primary sulfonamides is 1. The molecule has 0 fully saturated rings. The first-order valence-electron chi connectivity index (χ1n) is 5.64. The van der Waals surface area contributed by atoms with Gasteiger partial charge in [0.05, 0.1) is 4.90 Å². The van der Waals surface area contributed by atoms with E-state index in [1.807, 2.05) is 35.7 Å². The fourth-order valence-electron chi connectivity index (χ4n) is 2.00. The summed E-state index contributed by atoms with van der Waals surface area (Å²) in [4.78, 5) is 0.135. The van der Waals surface area contributed by atoms with E-state index in [1.54, 1.807) is 23.5 Å². The average Bonchev–Trinajstić information content (AvgIpc) is 2.85. The fraction of sp³-hybridized carbons (Fsp3) is 0. The third-order valence-electron chi connectivity index (χ3n) is 2.95. The summed E-state index contributed by atoms with van der Waals surface area (Å²) in [5, 5.41) is 8.34. The average molecular weight is 289 g/mol. The van der Waals surface area contributed by atoms with Gasteiger partial charge in [0.2, 0.25) is 10.0 Å². The minimum Gasteiger partial charge on any atom is -0.225 e. The Kier molecular flexibility index (Phi) is 2.89.